The number of carbonyl (C=O) groups excluding carboxylic acids is 4. The predicted molar refractivity (Wildman–Crippen MR) is 211 cm³/mol. The first-order valence-corrected chi connectivity index (χ1v) is 19.7. The molecule has 2 aliphatic carbocycles. The molecule has 0 bridgehead atoms. The topological polar surface area (TPSA) is 132 Å². The van der Waals surface area contributed by atoms with Crippen LogP contribution in [0.1, 0.15) is 125 Å². The minimum Gasteiger partial charge on any atom is -0.622 e. The Bertz CT molecular complexity index is 1710. The van der Waals surface area contributed by atoms with E-state index in [-0.39, 0.29) is 28.6 Å². The molecule has 2 saturated carbocycles. The molecule has 2 aromatic carbocycles. The van der Waals surface area contributed by atoms with Crippen LogP contribution in [0.25, 0.3) is 0 Å². The van der Waals surface area contributed by atoms with Gasteiger partial charge in [-0.2, -0.15) is 4.74 Å². The molecule has 2 aliphatic heterocycles. The lowest BCUT2D eigenvalue weighted by Gasteiger charge is -2.44. The van der Waals surface area contributed by atoms with Gasteiger partial charge in [-0.25, -0.2) is 14.6 Å². The predicted octanol–water partition coefficient (Wildman–Crippen LogP) is 7.87. The van der Waals surface area contributed by atoms with Crippen molar-refractivity contribution in [3.63, 3.8) is 0 Å². The van der Waals surface area contributed by atoms with Crippen LogP contribution in [0.4, 0.5) is 0 Å². The van der Waals surface area contributed by atoms with E-state index in [1.54, 1.807) is 29.2 Å². The molecular formula is C42H55BrN4O7. The molecule has 0 N–H and O–H groups in total. The Morgan fingerprint density at radius 2 is 1.17 bits per heavy atom. The normalized spacial score (nSPS) is 25.6. The van der Waals surface area contributed by atoms with Gasteiger partial charge in [0.2, 0.25) is 6.21 Å². The molecule has 11 nitrogen and oxygen atoms in total. The number of hydroxylamine groups is 1. The van der Waals surface area contributed by atoms with Crippen LogP contribution < -0.4 is 0 Å². The van der Waals surface area contributed by atoms with Crippen molar-refractivity contribution in [2.24, 2.45) is 27.7 Å². The lowest BCUT2D eigenvalue weighted by atomic mass is 9.69. The van der Waals surface area contributed by atoms with Crippen LogP contribution in [-0.2, 0) is 32.2 Å². The highest BCUT2D eigenvalue weighted by Gasteiger charge is 2.55. The molecule has 292 valence electrons. The Balaban J connectivity index is 0.000000208. The number of benzene rings is 2. The molecular weight excluding hydrogens is 752 g/mol. The van der Waals surface area contributed by atoms with E-state index in [9.17, 15) is 24.4 Å². The van der Waals surface area contributed by atoms with Crippen molar-refractivity contribution in [3.05, 3.63) is 76.0 Å². The number of halogens is 1. The summed E-state index contributed by atoms with van der Waals surface area (Å²) in [6.45, 7) is 14.4. The monoisotopic (exact) mass is 806 g/mol. The van der Waals surface area contributed by atoms with Gasteiger partial charge in [0.05, 0.1) is 31.9 Å². The molecule has 12 heteroatoms. The summed E-state index contributed by atoms with van der Waals surface area (Å²) in [5, 5.41) is 12.6. The highest BCUT2D eigenvalue weighted by Crippen LogP contribution is 2.48. The molecule has 0 radical (unpaired) electrons. The number of aliphatic imine (C=N–C) groups is 1. The fraction of sp³-hybridized carbons (Fsp3) is 0.571. The molecule has 54 heavy (non-hydrogen) atoms. The molecule has 6 rings (SSSR count). The van der Waals surface area contributed by atoms with Crippen LogP contribution in [0.5, 0.6) is 0 Å². The second-order valence-corrected chi connectivity index (χ2v) is 18.0. The quantitative estimate of drug-likeness (QED) is 0.165. The molecule has 2 fully saturated rings. The number of nitrogens with zero attached hydrogens (tertiary/aromatic N) is 4. The van der Waals surface area contributed by atoms with Crippen molar-refractivity contribution in [2.75, 3.05) is 14.2 Å². The summed E-state index contributed by atoms with van der Waals surface area (Å²) < 4.78 is 10.7. The fourth-order valence-electron chi connectivity index (χ4n) is 8.51. The third-order valence-electron chi connectivity index (χ3n) is 12.1. The molecule has 0 aromatic heterocycles. The lowest BCUT2D eigenvalue weighted by molar-refractivity contribution is -0.571. The number of rotatable bonds is 6. The van der Waals surface area contributed by atoms with E-state index in [4.69, 9.17) is 14.5 Å². The standard InChI is InChI=1S/C21H27BrN2O3.C21H28N2O4/c1-20(2,3)16-9-11-21(12-10-16)23-17(22)18(25)24(21)13-14-5-7-15(8-6-14)19(26)27-4;1-20(2,3)17-9-11-21(12-10-17)22(18(24)14-23(21)26)13-15-5-7-16(8-6-15)19(25)27-4/h5-8,16H,9-13H2,1-4H3;5-8,14,17H,9-13H2,1-4H3. The lowest BCUT2D eigenvalue weighted by Crippen LogP contribution is -2.54. The average molecular weight is 808 g/mol. The van der Waals surface area contributed by atoms with Gasteiger partial charge in [-0.05, 0) is 113 Å². The molecule has 0 unspecified atom stereocenters. The zero-order valence-electron chi connectivity index (χ0n) is 32.9. The second kappa shape index (κ2) is 16.0. The Morgan fingerprint density at radius 3 is 1.57 bits per heavy atom. The van der Waals surface area contributed by atoms with Crippen molar-refractivity contribution < 1.29 is 33.4 Å². The van der Waals surface area contributed by atoms with E-state index < -0.39 is 17.3 Å². The molecule has 2 aromatic rings. The zero-order chi connectivity index (χ0) is 39.6. The summed E-state index contributed by atoms with van der Waals surface area (Å²) in [4.78, 5) is 56.8. The van der Waals surface area contributed by atoms with Crippen molar-refractivity contribution in [1.29, 1.82) is 0 Å². The largest absolute Gasteiger partial charge is 0.622 e. The summed E-state index contributed by atoms with van der Waals surface area (Å²) in [5.74, 6) is 0.150. The Kier molecular flexibility index (Phi) is 12.2. The number of carbonyl (C=O) groups is 4. The molecule has 4 aliphatic rings. The maximum Gasteiger partial charge on any atom is 0.337 e. The Hall–Kier alpha value is -4.06. The average Bonchev–Trinajstić information content (AvgIpc) is 3.49. The number of amides is 2. The van der Waals surface area contributed by atoms with Gasteiger partial charge in [0, 0.05) is 19.4 Å². The molecule has 2 heterocycles. The number of hydrogen-bond acceptors (Lipinski definition) is 8. The van der Waals surface area contributed by atoms with Gasteiger partial charge >= 0.3 is 17.8 Å². The first-order chi connectivity index (χ1) is 25.3. The van der Waals surface area contributed by atoms with Crippen molar-refractivity contribution >= 4 is 50.5 Å². The van der Waals surface area contributed by atoms with E-state index in [0.29, 0.717) is 53.5 Å². The molecule has 0 atom stereocenters. The number of hydrogen-bond donors (Lipinski definition) is 0. The van der Waals surface area contributed by atoms with Crippen molar-refractivity contribution in [2.45, 2.75) is 117 Å². The molecule has 0 saturated heterocycles. The fourth-order valence-corrected chi connectivity index (χ4v) is 9.05. The second-order valence-electron chi connectivity index (χ2n) is 17.3. The SMILES string of the molecule is COC(=O)c1ccc(CN2C(=O)C(Br)=NC23CCC(C(C)(C)C)CC3)cc1.COC(=O)c1ccc(CN2C(=O)C=[N+]([O-])C23CCC(C(C)(C)C)CC3)cc1. The number of ether oxygens (including phenoxy) is 2. The van der Waals surface area contributed by atoms with E-state index >= 15 is 0 Å². The first-order valence-electron chi connectivity index (χ1n) is 18.9. The van der Waals surface area contributed by atoms with Gasteiger partial charge in [-0.3, -0.25) is 14.5 Å². The van der Waals surface area contributed by atoms with Gasteiger partial charge in [-0.1, -0.05) is 65.8 Å². The maximum atomic E-state index is 12.8. The van der Waals surface area contributed by atoms with Gasteiger partial charge in [-0.15, -0.1) is 0 Å². The summed E-state index contributed by atoms with van der Waals surface area (Å²) in [6.07, 6.45) is 8.31. The third kappa shape index (κ3) is 8.58. The van der Waals surface area contributed by atoms with Crippen LogP contribution in [0, 0.1) is 27.9 Å². The van der Waals surface area contributed by atoms with E-state index in [1.165, 1.54) is 20.4 Å². The van der Waals surface area contributed by atoms with Crippen molar-refractivity contribution in [1.82, 2.24) is 9.80 Å². The van der Waals surface area contributed by atoms with E-state index in [0.717, 1.165) is 54.4 Å². The van der Waals surface area contributed by atoms with Crippen LogP contribution >= 0.6 is 15.9 Å². The molecule has 2 spiro atoms. The van der Waals surface area contributed by atoms with Crippen LogP contribution in [0.2, 0.25) is 0 Å². The van der Waals surface area contributed by atoms with Gasteiger partial charge in [0.25, 0.3) is 11.6 Å². The maximum absolute atomic E-state index is 12.8. The van der Waals surface area contributed by atoms with E-state index in [1.807, 2.05) is 29.2 Å². The van der Waals surface area contributed by atoms with E-state index in [2.05, 4.69) is 57.5 Å². The Labute approximate surface area is 327 Å². The summed E-state index contributed by atoms with van der Waals surface area (Å²) in [5.41, 5.74) is 2.09. The minimum absolute atomic E-state index is 0.0544. The minimum atomic E-state index is -0.778. The molecule has 2 amide bonds. The highest BCUT2D eigenvalue weighted by molar-refractivity contribution is 9.19. The summed E-state index contributed by atoms with van der Waals surface area (Å²) >= 11 is 3.36. The van der Waals surface area contributed by atoms with Gasteiger partial charge < -0.3 is 19.6 Å². The third-order valence-corrected chi connectivity index (χ3v) is 12.6. The zero-order valence-corrected chi connectivity index (χ0v) is 34.5. The van der Waals surface area contributed by atoms with Crippen LogP contribution in [0.3, 0.4) is 0 Å². The van der Waals surface area contributed by atoms with Gasteiger partial charge in [0.15, 0.2) is 4.62 Å². The first kappa shape index (κ1) is 41.1. The number of methoxy groups -OCH3 is 2. The summed E-state index contributed by atoms with van der Waals surface area (Å²) in [7, 11) is 2.71. The van der Waals surface area contributed by atoms with Crippen LogP contribution in [0.15, 0.2) is 53.5 Å². The van der Waals surface area contributed by atoms with Crippen LogP contribution in [-0.4, -0.2) is 74.7 Å². The summed E-state index contributed by atoms with van der Waals surface area (Å²) in [6, 6.07) is 14.2. The van der Waals surface area contributed by atoms with Gasteiger partial charge in [0.1, 0.15) is 5.66 Å². The highest BCUT2D eigenvalue weighted by atomic mass is 79.9. The smallest absolute Gasteiger partial charge is 0.337 e. The Morgan fingerprint density at radius 1 is 0.759 bits per heavy atom. The van der Waals surface area contributed by atoms with Crippen molar-refractivity contribution in [3.8, 4) is 0 Å². The number of esters is 2.